The van der Waals surface area contributed by atoms with Crippen molar-refractivity contribution in [2.45, 2.75) is 45.1 Å². The Morgan fingerprint density at radius 1 is 1.26 bits per heavy atom. The maximum Gasteiger partial charge on any atom is 0.348 e. The fraction of sp³-hybridized carbons (Fsp3) is 0.350. The van der Waals surface area contributed by atoms with Crippen LogP contribution in [0.2, 0.25) is 5.02 Å². The molecule has 0 spiro atoms. The molecule has 2 aromatic heterocycles. The van der Waals surface area contributed by atoms with Gasteiger partial charge in [0, 0.05) is 5.56 Å². The molecule has 0 atom stereocenters. The second-order valence-electron chi connectivity index (χ2n) is 6.80. The van der Waals surface area contributed by atoms with Gasteiger partial charge >= 0.3 is 5.97 Å². The lowest BCUT2D eigenvalue weighted by Gasteiger charge is -2.21. The normalized spacial score (nSPS) is 15.2. The first kappa shape index (κ1) is 18.2. The van der Waals surface area contributed by atoms with E-state index < -0.39 is 0 Å². The molecule has 1 aromatic carbocycles. The Balaban J connectivity index is 1.73. The lowest BCUT2D eigenvalue weighted by molar-refractivity contribution is 0.0216. The highest BCUT2D eigenvalue weighted by molar-refractivity contribution is 7.20. The molecule has 0 radical (unpaired) electrons. The number of ether oxygens (including phenoxy) is 1. The summed E-state index contributed by atoms with van der Waals surface area (Å²) in [7, 11) is 0. The van der Waals surface area contributed by atoms with Gasteiger partial charge in [0.15, 0.2) is 0 Å². The molecule has 1 aliphatic carbocycles. The van der Waals surface area contributed by atoms with E-state index in [4.69, 9.17) is 16.3 Å². The number of nitrogens with one attached hydrogen (secondary N) is 1. The van der Waals surface area contributed by atoms with Crippen LogP contribution in [-0.2, 0) is 4.74 Å². The van der Waals surface area contributed by atoms with Crippen LogP contribution in [0.3, 0.4) is 0 Å². The van der Waals surface area contributed by atoms with E-state index in [0.29, 0.717) is 37.1 Å². The molecule has 0 saturated heterocycles. The molecule has 3 aromatic rings. The minimum absolute atomic E-state index is 0.0270. The molecule has 4 rings (SSSR count). The van der Waals surface area contributed by atoms with E-state index in [1.807, 2.05) is 12.1 Å². The summed E-state index contributed by atoms with van der Waals surface area (Å²) in [6.45, 7) is 1.77. The standard InChI is InChI=1S/C20H19ClN2O3S/c1-11-15-18(24)22-17(13-9-5-6-10-14(13)21)23-19(15)27-16(11)20(25)26-12-7-3-2-4-8-12/h5-6,9-10,12H,2-4,7-8H2,1H3,(H,22,23,24). The summed E-state index contributed by atoms with van der Waals surface area (Å²) in [4.78, 5) is 33.6. The predicted octanol–water partition coefficient (Wildman–Crippen LogP) is 5.10. The van der Waals surface area contributed by atoms with Crippen molar-refractivity contribution in [2.24, 2.45) is 0 Å². The molecule has 0 amide bonds. The highest BCUT2D eigenvalue weighted by atomic mass is 35.5. The lowest BCUT2D eigenvalue weighted by atomic mass is 9.98. The summed E-state index contributed by atoms with van der Waals surface area (Å²) in [5.74, 6) is 0.0349. The zero-order chi connectivity index (χ0) is 19.0. The van der Waals surface area contributed by atoms with E-state index in [0.717, 1.165) is 25.7 Å². The fourth-order valence-corrected chi connectivity index (χ4v) is 4.80. The summed E-state index contributed by atoms with van der Waals surface area (Å²) in [5.41, 5.74) is 0.992. The number of rotatable bonds is 3. The Morgan fingerprint density at radius 3 is 2.74 bits per heavy atom. The summed E-state index contributed by atoms with van der Waals surface area (Å²) >= 11 is 7.43. The Labute approximate surface area is 165 Å². The van der Waals surface area contributed by atoms with Gasteiger partial charge in [0.25, 0.3) is 5.56 Å². The van der Waals surface area contributed by atoms with Crippen molar-refractivity contribution in [3.63, 3.8) is 0 Å². The van der Waals surface area contributed by atoms with Gasteiger partial charge in [0.1, 0.15) is 21.6 Å². The number of esters is 1. The van der Waals surface area contributed by atoms with Crippen molar-refractivity contribution in [1.29, 1.82) is 0 Å². The van der Waals surface area contributed by atoms with Crippen LogP contribution in [-0.4, -0.2) is 22.0 Å². The minimum atomic E-state index is -0.360. The van der Waals surface area contributed by atoms with Crippen molar-refractivity contribution >= 4 is 39.1 Å². The van der Waals surface area contributed by atoms with Gasteiger partial charge in [-0.2, -0.15) is 0 Å². The second kappa shape index (κ2) is 7.44. The highest BCUT2D eigenvalue weighted by Gasteiger charge is 2.24. The molecule has 0 bridgehead atoms. The van der Waals surface area contributed by atoms with Crippen molar-refractivity contribution in [2.75, 3.05) is 0 Å². The third-order valence-corrected chi connectivity index (χ3v) is 6.44. The number of aryl methyl sites for hydroxylation is 1. The average molecular weight is 403 g/mol. The summed E-state index contributed by atoms with van der Waals surface area (Å²) in [6, 6.07) is 7.19. The highest BCUT2D eigenvalue weighted by Crippen LogP contribution is 2.31. The number of hydrogen-bond acceptors (Lipinski definition) is 5. The number of hydrogen-bond donors (Lipinski definition) is 1. The van der Waals surface area contributed by atoms with Gasteiger partial charge in [-0.15, -0.1) is 11.3 Å². The first-order valence-corrected chi connectivity index (χ1v) is 10.2. The van der Waals surface area contributed by atoms with Gasteiger partial charge in [0.05, 0.1) is 10.4 Å². The van der Waals surface area contributed by atoms with Crippen LogP contribution >= 0.6 is 22.9 Å². The van der Waals surface area contributed by atoms with Gasteiger partial charge < -0.3 is 9.72 Å². The average Bonchev–Trinajstić information content (AvgIpc) is 3.00. The largest absolute Gasteiger partial charge is 0.458 e. The number of aromatic nitrogens is 2. The van der Waals surface area contributed by atoms with Crippen molar-refractivity contribution in [3.8, 4) is 11.4 Å². The van der Waals surface area contributed by atoms with Crippen molar-refractivity contribution in [1.82, 2.24) is 9.97 Å². The molecule has 7 heteroatoms. The number of nitrogens with zero attached hydrogens (tertiary/aromatic N) is 1. The van der Waals surface area contributed by atoms with E-state index >= 15 is 0 Å². The topological polar surface area (TPSA) is 72.0 Å². The zero-order valence-electron chi connectivity index (χ0n) is 14.9. The minimum Gasteiger partial charge on any atom is -0.458 e. The van der Waals surface area contributed by atoms with Gasteiger partial charge in [-0.3, -0.25) is 4.79 Å². The maximum atomic E-state index is 12.7. The van der Waals surface area contributed by atoms with Crippen LogP contribution < -0.4 is 5.56 Å². The molecule has 1 saturated carbocycles. The van der Waals surface area contributed by atoms with Crippen LogP contribution in [0.15, 0.2) is 29.1 Å². The molecule has 2 heterocycles. The van der Waals surface area contributed by atoms with Gasteiger partial charge in [0.2, 0.25) is 0 Å². The zero-order valence-corrected chi connectivity index (χ0v) is 16.5. The molecule has 5 nitrogen and oxygen atoms in total. The number of fused-ring (bicyclic) bond motifs is 1. The SMILES string of the molecule is Cc1c(C(=O)OC2CCCCC2)sc2nc(-c3ccccc3Cl)[nH]c(=O)c12. The van der Waals surface area contributed by atoms with Gasteiger partial charge in [-0.25, -0.2) is 9.78 Å². The summed E-state index contributed by atoms with van der Waals surface area (Å²) in [6.07, 6.45) is 5.16. The lowest BCUT2D eigenvalue weighted by Crippen LogP contribution is -2.20. The van der Waals surface area contributed by atoms with E-state index in [1.54, 1.807) is 19.1 Å². The quantitative estimate of drug-likeness (QED) is 0.618. The molecule has 0 aliphatic heterocycles. The summed E-state index contributed by atoms with van der Waals surface area (Å²) in [5, 5.41) is 0.941. The summed E-state index contributed by atoms with van der Waals surface area (Å²) < 4.78 is 5.67. The predicted molar refractivity (Wildman–Crippen MR) is 108 cm³/mol. The Morgan fingerprint density at radius 2 is 2.00 bits per heavy atom. The van der Waals surface area contributed by atoms with Crippen LogP contribution in [0.5, 0.6) is 0 Å². The number of benzene rings is 1. The molecule has 1 aliphatic rings. The fourth-order valence-electron chi connectivity index (χ4n) is 3.51. The molecule has 27 heavy (non-hydrogen) atoms. The molecular weight excluding hydrogens is 384 g/mol. The van der Waals surface area contributed by atoms with E-state index in [1.165, 1.54) is 17.8 Å². The third kappa shape index (κ3) is 3.51. The van der Waals surface area contributed by atoms with E-state index in [9.17, 15) is 9.59 Å². The van der Waals surface area contributed by atoms with Crippen molar-refractivity contribution in [3.05, 3.63) is 50.1 Å². The Bertz CT molecular complexity index is 1070. The van der Waals surface area contributed by atoms with Gasteiger partial charge in [-0.05, 0) is 50.3 Å². The number of H-pyrrole nitrogens is 1. The second-order valence-corrected chi connectivity index (χ2v) is 8.20. The third-order valence-electron chi connectivity index (χ3n) is 4.94. The monoisotopic (exact) mass is 402 g/mol. The number of carbonyl (C=O) groups is 1. The van der Waals surface area contributed by atoms with Crippen molar-refractivity contribution < 1.29 is 9.53 Å². The van der Waals surface area contributed by atoms with Crippen LogP contribution in [0.1, 0.15) is 47.3 Å². The Hall–Kier alpha value is -2.18. The van der Waals surface area contributed by atoms with Crippen LogP contribution in [0, 0.1) is 6.92 Å². The van der Waals surface area contributed by atoms with Crippen LogP contribution in [0.25, 0.3) is 21.6 Å². The smallest absolute Gasteiger partial charge is 0.348 e. The number of aromatic amines is 1. The Kier molecular flexibility index (Phi) is 5.02. The number of thiophene rings is 1. The number of halogens is 1. The van der Waals surface area contributed by atoms with E-state index in [-0.39, 0.29) is 17.6 Å². The molecule has 1 fully saturated rings. The number of carbonyl (C=O) groups excluding carboxylic acids is 1. The van der Waals surface area contributed by atoms with Crippen LogP contribution in [0.4, 0.5) is 0 Å². The maximum absolute atomic E-state index is 12.7. The first-order chi connectivity index (χ1) is 13.0. The molecule has 140 valence electrons. The molecular formula is C20H19ClN2O3S. The first-order valence-electron chi connectivity index (χ1n) is 9.04. The van der Waals surface area contributed by atoms with E-state index in [2.05, 4.69) is 9.97 Å². The molecule has 0 unspecified atom stereocenters. The molecule has 1 N–H and O–H groups in total. The van der Waals surface area contributed by atoms with Gasteiger partial charge in [-0.1, -0.05) is 30.2 Å².